The van der Waals surface area contributed by atoms with Gasteiger partial charge in [-0.25, -0.2) is 9.97 Å². The smallest absolute Gasteiger partial charge is 0.141 e. The lowest BCUT2D eigenvalue weighted by atomic mass is 10.0. The van der Waals surface area contributed by atoms with Crippen LogP contribution in [0.4, 0.5) is 17.3 Å². The summed E-state index contributed by atoms with van der Waals surface area (Å²) < 4.78 is 10.9. The topological polar surface area (TPSA) is 82.3 Å². The van der Waals surface area contributed by atoms with Crippen molar-refractivity contribution in [2.24, 2.45) is 0 Å². The first kappa shape index (κ1) is 21.7. The molecule has 0 aliphatic rings. The van der Waals surface area contributed by atoms with Crippen LogP contribution in [-0.4, -0.2) is 24.2 Å². The fourth-order valence-electron chi connectivity index (χ4n) is 3.88. The number of aromatic nitrogens is 2. The van der Waals surface area contributed by atoms with E-state index in [-0.39, 0.29) is 0 Å². The normalized spacial score (nSPS) is 10.9. The van der Waals surface area contributed by atoms with Crippen molar-refractivity contribution >= 4 is 39.7 Å². The van der Waals surface area contributed by atoms with Gasteiger partial charge in [-0.2, -0.15) is 0 Å². The maximum Gasteiger partial charge on any atom is 0.141 e. The largest absolute Gasteiger partial charge is 0.496 e. The fourth-order valence-corrected chi connectivity index (χ4v) is 4.25. The zero-order chi connectivity index (χ0) is 23.0. The maximum absolute atomic E-state index is 6.64. The summed E-state index contributed by atoms with van der Waals surface area (Å²) in [5, 5.41) is 5.53. The van der Waals surface area contributed by atoms with Crippen LogP contribution in [0, 0.1) is 20.8 Å². The van der Waals surface area contributed by atoms with Crippen molar-refractivity contribution in [3.8, 4) is 22.8 Å². The van der Waals surface area contributed by atoms with Crippen LogP contribution >= 0.6 is 11.6 Å². The van der Waals surface area contributed by atoms with Crippen molar-refractivity contribution in [1.29, 1.82) is 0 Å². The Labute approximate surface area is 192 Å². The molecule has 0 aliphatic heterocycles. The summed E-state index contributed by atoms with van der Waals surface area (Å²) in [6.07, 6.45) is 1.79. The van der Waals surface area contributed by atoms with Gasteiger partial charge in [0.1, 0.15) is 23.1 Å². The molecule has 3 N–H and O–H groups in total. The Balaban J connectivity index is 1.82. The van der Waals surface area contributed by atoms with Gasteiger partial charge in [0, 0.05) is 39.8 Å². The summed E-state index contributed by atoms with van der Waals surface area (Å²) in [5.74, 6) is 2.26. The predicted molar refractivity (Wildman–Crippen MR) is 131 cm³/mol. The van der Waals surface area contributed by atoms with Crippen LogP contribution in [0.25, 0.3) is 22.0 Å². The summed E-state index contributed by atoms with van der Waals surface area (Å²) in [5.41, 5.74) is 11.9. The molecule has 2 aromatic heterocycles. The van der Waals surface area contributed by atoms with Gasteiger partial charge in [0.25, 0.3) is 0 Å². The van der Waals surface area contributed by atoms with E-state index in [0.717, 1.165) is 33.2 Å². The van der Waals surface area contributed by atoms with Gasteiger partial charge in [-0.05, 0) is 44.0 Å². The second-order valence-corrected chi connectivity index (χ2v) is 8.05. The lowest BCUT2D eigenvalue weighted by Gasteiger charge is -2.17. The third-order valence-electron chi connectivity index (χ3n) is 5.62. The molecule has 0 saturated heterocycles. The number of rotatable bonds is 5. The number of ether oxygens (including phenoxy) is 2. The minimum atomic E-state index is 0.390. The molecule has 0 bridgehead atoms. The lowest BCUT2D eigenvalue weighted by Crippen LogP contribution is -2.01. The Bertz CT molecular complexity index is 1290. The SMILES string of the molecule is COc1cc(OC)c(Cl)c(-c2cc3cnc(Nc4c(C)cccc4C)cc3c(N)n2)c1C. The Kier molecular flexibility index (Phi) is 5.80. The van der Waals surface area contributed by atoms with Gasteiger partial charge in [-0.3, -0.25) is 0 Å². The molecule has 0 amide bonds. The van der Waals surface area contributed by atoms with Crippen molar-refractivity contribution in [1.82, 2.24) is 9.97 Å². The summed E-state index contributed by atoms with van der Waals surface area (Å²) in [4.78, 5) is 9.25. The number of methoxy groups -OCH3 is 2. The molecule has 4 rings (SSSR count). The zero-order valence-corrected chi connectivity index (χ0v) is 19.5. The van der Waals surface area contributed by atoms with Crippen molar-refractivity contribution in [3.63, 3.8) is 0 Å². The summed E-state index contributed by atoms with van der Waals surface area (Å²) in [6, 6.07) is 11.8. The number of hydrogen-bond donors (Lipinski definition) is 2. The third-order valence-corrected chi connectivity index (χ3v) is 5.99. The van der Waals surface area contributed by atoms with E-state index < -0.39 is 0 Å². The minimum absolute atomic E-state index is 0.390. The van der Waals surface area contributed by atoms with Crippen LogP contribution in [-0.2, 0) is 0 Å². The highest BCUT2D eigenvalue weighted by Crippen LogP contribution is 2.43. The molecule has 164 valence electrons. The molecule has 0 saturated carbocycles. The second kappa shape index (κ2) is 8.55. The fraction of sp³-hybridized carbons (Fsp3) is 0.200. The molecule has 0 fully saturated rings. The standard InChI is InChI=1S/C25H25ClN4O2/c1-13-7-6-8-14(2)24(13)30-21-10-17-16(12-28-21)9-18(29-25(17)27)22-15(3)19(31-4)11-20(32-5)23(22)26/h6-12H,1-5H3,(H2,27,29)(H,28,30). The number of pyridine rings is 2. The first-order chi connectivity index (χ1) is 15.3. The molecule has 32 heavy (non-hydrogen) atoms. The second-order valence-electron chi connectivity index (χ2n) is 7.67. The first-order valence-corrected chi connectivity index (χ1v) is 10.5. The van der Waals surface area contributed by atoms with Crippen molar-refractivity contribution in [2.75, 3.05) is 25.3 Å². The van der Waals surface area contributed by atoms with E-state index in [0.29, 0.717) is 39.4 Å². The van der Waals surface area contributed by atoms with E-state index in [1.165, 1.54) is 0 Å². The van der Waals surface area contributed by atoms with Crippen LogP contribution in [0.15, 0.2) is 42.6 Å². The molecule has 0 aliphatic carbocycles. The molecule has 0 spiro atoms. The Morgan fingerprint density at radius 3 is 2.31 bits per heavy atom. The summed E-state index contributed by atoms with van der Waals surface area (Å²) in [7, 11) is 3.17. The molecule has 2 aromatic carbocycles. The molecule has 4 aromatic rings. The van der Waals surface area contributed by atoms with Crippen LogP contribution in [0.5, 0.6) is 11.5 Å². The first-order valence-electron chi connectivity index (χ1n) is 10.1. The number of aryl methyl sites for hydroxylation is 2. The highest BCUT2D eigenvalue weighted by atomic mass is 35.5. The van der Waals surface area contributed by atoms with Gasteiger partial charge in [0.2, 0.25) is 0 Å². The quantitative estimate of drug-likeness (QED) is 0.377. The maximum atomic E-state index is 6.64. The monoisotopic (exact) mass is 448 g/mol. The number of nitrogen functional groups attached to an aromatic ring is 1. The highest BCUT2D eigenvalue weighted by Gasteiger charge is 2.19. The highest BCUT2D eigenvalue weighted by molar-refractivity contribution is 6.35. The number of nitrogens with zero attached hydrogens (tertiary/aromatic N) is 2. The minimum Gasteiger partial charge on any atom is -0.496 e. The van der Waals surface area contributed by atoms with E-state index in [2.05, 4.69) is 41.3 Å². The number of benzene rings is 2. The van der Waals surface area contributed by atoms with Gasteiger partial charge in [-0.1, -0.05) is 29.8 Å². The summed E-state index contributed by atoms with van der Waals surface area (Å²) >= 11 is 6.64. The Morgan fingerprint density at radius 2 is 1.66 bits per heavy atom. The average molecular weight is 449 g/mol. The Hall–Kier alpha value is -3.51. The number of nitrogens with one attached hydrogen (secondary N) is 1. The molecule has 0 atom stereocenters. The van der Waals surface area contributed by atoms with Crippen LogP contribution in [0.1, 0.15) is 16.7 Å². The number of para-hydroxylation sites is 1. The van der Waals surface area contributed by atoms with Crippen molar-refractivity contribution < 1.29 is 9.47 Å². The van der Waals surface area contributed by atoms with E-state index in [1.54, 1.807) is 26.5 Å². The molecule has 0 radical (unpaired) electrons. The number of anilines is 3. The lowest BCUT2D eigenvalue weighted by molar-refractivity contribution is 0.393. The van der Waals surface area contributed by atoms with Crippen LogP contribution in [0.2, 0.25) is 5.02 Å². The number of halogens is 1. The number of nitrogens with two attached hydrogens (primary N) is 1. The zero-order valence-electron chi connectivity index (χ0n) is 18.7. The molecule has 0 unspecified atom stereocenters. The molecular formula is C25H25ClN4O2. The van der Waals surface area contributed by atoms with Crippen LogP contribution < -0.4 is 20.5 Å². The van der Waals surface area contributed by atoms with Crippen molar-refractivity contribution in [2.45, 2.75) is 20.8 Å². The van der Waals surface area contributed by atoms with Gasteiger partial charge >= 0.3 is 0 Å². The third kappa shape index (κ3) is 3.78. The van der Waals surface area contributed by atoms with Crippen molar-refractivity contribution in [3.05, 3.63) is 64.3 Å². The van der Waals surface area contributed by atoms with E-state index in [1.807, 2.05) is 25.1 Å². The predicted octanol–water partition coefficient (Wildman–Crippen LogP) is 6.22. The molecule has 6 nitrogen and oxygen atoms in total. The number of hydrogen-bond acceptors (Lipinski definition) is 6. The Morgan fingerprint density at radius 1 is 0.969 bits per heavy atom. The van der Waals surface area contributed by atoms with Gasteiger partial charge in [0.15, 0.2) is 0 Å². The van der Waals surface area contributed by atoms with Crippen LogP contribution in [0.3, 0.4) is 0 Å². The molecule has 2 heterocycles. The van der Waals surface area contributed by atoms with Gasteiger partial charge in [0.05, 0.1) is 24.9 Å². The van der Waals surface area contributed by atoms with Gasteiger partial charge in [-0.15, -0.1) is 0 Å². The van der Waals surface area contributed by atoms with E-state index in [4.69, 9.17) is 26.8 Å². The summed E-state index contributed by atoms with van der Waals surface area (Å²) in [6.45, 7) is 6.05. The van der Waals surface area contributed by atoms with E-state index >= 15 is 0 Å². The average Bonchev–Trinajstić information content (AvgIpc) is 2.77. The van der Waals surface area contributed by atoms with E-state index in [9.17, 15) is 0 Å². The molecule has 7 heteroatoms. The number of fused-ring (bicyclic) bond motifs is 1. The van der Waals surface area contributed by atoms with Gasteiger partial charge < -0.3 is 20.5 Å². The molecular weight excluding hydrogens is 424 g/mol.